The predicted octanol–water partition coefficient (Wildman–Crippen LogP) is 5.20. The Morgan fingerprint density at radius 3 is 2.24 bits per heavy atom. The lowest BCUT2D eigenvalue weighted by molar-refractivity contribution is -0.160. The first-order valence-electron chi connectivity index (χ1n) is 9.96. The number of hydrogen-bond acceptors (Lipinski definition) is 5. The topological polar surface area (TPSA) is 68.1 Å². The Morgan fingerprint density at radius 1 is 1.12 bits per heavy atom. The Bertz CT molecular complexity index is 500. The summed E-state index contributed by atoms with van der Waals surface area (Å²) in [6.45, 7) is 4.28. The average Bonchev–Trinajstić information content (AvgIpc) is 2.58. The van der Waals surface area contributed by atoms with Crippen LogP contribution >= 0.6 is 0 Å². The summed E-state index contributed by atoms with van der Waals surface area (Å²) in [6, 6.07) is 0. The summed E-state index contributed by atoms with van der Waals surface area (Å²) >= 11 is 0. The third-order valence-corrected chi connectivity index (χ3v) is 5.14. The number of rotatable bonds is 5. The molecule has 2 aliphatic rings. The fourth-order valence-electron chi connectivity index (χ4n) is 3.86. The van der Waals surface area contributed by atoms with Gasteiger partial charge in [0.05, 0.1) is 5.71 Å². The first-order valence-corrected chi connectivity index (χ1v) is 9.96. The van der Waals surface area contributed by atoms with E-state index in [1.165, 1.54) is 32.1 Å². The first kappa shape index (κ1) is 19.8. The molecule has 1 aliphatic carbocycles. The molecule has 2 rings (SSSR count). The molecule has 0 aromatic carbocycles. The van der Waals surface area contributed by atoms with E-state index in [1.54, 1.807) is 0 Å². The molecule has 1 N–H and O–H groups in total. The molecule has 5 heteroatoms. The smallest absolute Gasteiger partial charge is 0.344 e. The zero-order valence-corrected chi connectivity index (χ0v) is 15.8. The van der Waals surface area contributed by atoms with E-state index < -0.39 is 11.6 Å². The molecular formula is C20H33NO4. The van der Waals surface area contributed by atoms with E-state index >= 15 is 0 Å². The zero-order chi connectivity index (χ0) is 18.1. The van der Waals surface area contributed by atoms with E-state index in [2.05, 4.69) is 5.16 Å². The molecule has 1 heterocycles. The summed E-state index contributed by atoms with van der Waals surface area (Å²) in [5, 5.41) is 14.7. The van der Waals surface area contributed by atoms with E-state index in [4.69, 9.17) is 9.57 Å². The maximum Gasteiger partial charge on any atom is 0.344 e. The average molecular weight is 351 g/mol. The number of esters is 1. The lowest BCUT2D eigenvalue weighted by Gasteiger charge is -2.38. The summed E-state index contributed by atoms with van der Waals surface area (Å²) in [6.07, 6.45) is 11.7. The first-order chi connectivity index (χ1) is 12.1. The summed E-state index contributed by atoms with van der Waals surface area (Å²) < 4.78 is 5.94. The summed E-state index contributed by atoms with van der Waals surface area (Å²) in [7, 11) is 0. The highest BCUT2D eigenvalue weighted by Crippen LogP contribution is 2.39. The monoisotopic (exact) mass is 351 g/mol. The standard InChI is InChI=1S/C20H33NO4/c1-3-12-16(21-24-4-2)18-17(22)15-20(25-19(18)23)13-10-8-6-5-7-9-11-14-20/h22H,3-15H2,1-2H3. The van der Waals surface area contributed by atoms with Gasteiger partial charge in [0.1, 0.15) is 23.5 Å². The highest BCUT2D eigenvalue weighted by Gasteiger charge is 2.42. The lowest BCUT2D eigenvalue weighted by atomic mass is 9.82. The van der Waals surface area contributed by atoms with Gasteiger partial charge in [0.15, 0.2) is 0 Å². The van der Waals surface area contributed by atoms with Crippen LogP contribution in [0.25, 0.3) is 0 Å². The minimum Gasteiger partial charge on any atom is -0.511 e. The molecule has 0 aromatic heterocycles. The highest BCUT2D eigenvalue weighted by atomic mass is 16.6. The van der Waals surface area contributed by atoms with Crippen LogP contribution in [0.5, 0.6) is 0 Å². The van der Waals surface area contributed by atoms with Crippen LogP contribution in [0, 0.1) is 0 Å². The maximum atomic E-state index is 12.7. The van der Waals surface area contributed by atoms with Gasteiger partial charge in [0.2, 0.25) is 0 Å². The fraction of sp³-hybridized carbons (Fsp3) is 0.800. The van der Waals surface area contributed by atoms with Gasteiger partial charge in [-0.05, 0) is 39.0 Å². The second-order valence-corrected chi connectivity index (χ2v) is 7.25. The Morgan fingerprint density at radius 2 is 1.72 bits per heavy atom. The third kappa shape index (κ3) is 5.48. The van der Waals surface area contributed by atoms with Crippen LogP contribution in [0.2, 0.25) is 0 Å². The van der Waals surface area contributed by atoms with Crippen molar-refractivity contribution < 1.29 is 19.5 Å². The van der Waals surface area contributed by atoms with E-state index in [0.717, 1.165) is 32.1 Å². The number of aliphatic hydroxyl groups excluding tert-OH is 1. The third-order valence-electron chi connectivity index (χ3n) is 5.14. The van der Waals surface area contributed by atoms with Gasteiger partial charge in [-0.1, -0.05) is 50.6 Å². The van der Waals surface area contributed by atoms with Gasteiger partial charge in [-0.25, -0.2) is 4.79 Å². The van der Waals surface area contributed by atoms with Crippen molar-refractivity contribution >= 4 is 11.7 Å². The molecule has 0 saturated heterocycles. The van der Waals surface area contributed by atoms with Crippen LogP contribution in [0.4, 0.5) is 0 Å². The molecule has 0 aromatic rings. The van der Waals surface area contributed by atoms with Crippen molar-refractivity contribution in [3.63, 3.8) is 0 Å². The van der Waals surface area contributed by atoms with Gasteiger partial charge in [0.25, 0.3) is 0 Å². The van der Waals surface area contributed by atoms with Crippen molar-refractivity contribution in [3.05, 3.63) is 11.3 Å². The quantitative estimate of drug-likeness (QED) is 0.420. The van der Waals surface area contributed by atoms with E-state index in [-0.39, 0.29) is 11.3 Å². The number of aliphatic hydroxyl groups is 1. The van der Waals surface area contributed by atoms with Crippen molar-refractivity contribution in [2.24, 2.45) is 5.16 Å². The molecule has 0 atom stereocenters. The van der Waals surface area contributed by atoms with E-state index in [9.17, 15) is 9.90 Å². The largest absolute Gasteiger partial charge is 0.511 e. The van der Waals surface area contributed by atoms with Crippen LogP contribution in [-0.2, 0) is 14.4 Å². The van der Waals surface area contributed by atoms with Crippen molar-refractivity contribution in [1.82, 2.24) is 0 Å². The van der Waals surface area contributed by atoms with Crippen LogP contribution < -0.4 is 0 Å². The molecule has 1 fully saturated rings. The number of carbonyl (C=O) groups excluding carboxylic acids is 1. The molecule has 142 valence electrons. The molecule has 1 saturated carbocycles. The maximum absolute atomic E-state index is 12.7. The summed E-state index contributed by atoms with van der Waals surface area (Å²) in [4.78, 5) is 17.9. The van der Waals surface area contributed by atoms with E-state index in [0.29, 0.717) is 25.2 Å². The van der Waals surface area contributed by atoms with Gasteiger partial charge >= 0.3 is 5.97 Å². The Hall–Kier alpha value is -1.52. The van der Waals surface area contributed by atoms with Crippen LogP contribution in [0.15, 0.2) is 16.5 Å². The molecule has 5 nitrogen and oxygen atoms in total. The van der Waals surface area contributed by atoms with Crippen LogP contribution in [0.3, 0.4) is 0 Å². The molecule has 1 spiro atoms. The minimum absolute atomic E-state index is 0.125. The predicted molar refractivity (Wildman–Crippen MR) is 98.6 cm³/mol. The number of carbonyl (C=O) groups is 1. The lowest BCUT2D eigenvalue weighted by Crippen LogP contribution is -2.42. The van der Waals surface area contributed by atoms with Crippen molar-refractivity contribution in [3.8, 4) is 0 Å². The summed E-state index contributed by atoms with van der Waals surface area (Å²) in [5.74, 6) is -0.312. The van der Waals surface area contributed by atoms with Crippen LogP contribution in [-0.4, -0.2) is 29.0 Å². The Balaban J connectivity index is 2.21. The molecule has 0 unspecified atom stereocenters. The molecular weight excluding hydrogens is 318 g/mol. The number of nitrogens with zero attached hydrogens (tertiary/aromatic N) is 1. The Kier molecular flexibility index (Phi) is 7.79. The molecule has 0 amide bonds. The normalized spacial score (nSPS) is 22.6. The van der Waals surface area contributed by atoms with Gasteiger partial charge in [-0.3, -0.25) is 0 Å². The van der Waals surface area contributed by atoms with Gasteiger partial charge in [0, 0.05) is 6.42 Å². The van der Waals surface area contributed by atoms with E-state index in [1.807, 2.05) is 13.8 Å². The van der Waals surface area contributed by atoms with Crippen LogP contribution in [0.1, 0.15) is 90.9 Å². The van der Waals surface area contributed by atoms with Gasteiger partial charge < -0.3 is 14.7 Å². The number of hydrogen-bond donors (Lipinski definition) is 1. The fourth-order valence-corrected chi connectivity index (χ4v) is 3.86. The minimum atomic E-state index is -0.537. The van der Waals surface area contributed by atoms with Gasteiger partial charge in [-0.15, -0.1) is 0 Å². The molecule has 0 radical (unpaired) electrons. The second kappa shape index (κ2) is 9.83. The van der Waals surface area contributed by atoms with Crippen molar-refractivity contribution in [1.29, 1.82) is 0 Å². The van der Waals surface area contributed by atoms with Crippen molar-refractivity contribution in [2.45, 2.75) is 96.5 Å². The van der Waals surface area contributed by atoms with Crippen molar-refractivity contribution in [2.75, 3.05) is 6.61 Å². The number of ether oxygens (including phenoxy) is 1. The molecule has 0 bridgehead atoms. The zero-order valence-electron chi connectivity index (χ0n) is 15.8. The molecule has 1 aliphatic heterocycles. The highest BCUT2D eigenvalue weighted by molar-refractivity contribution is 6.20. The second-order valence-electron chi connectivity index (χ2n) is 7.25. The summed E-state index contributed by atoms with van der Waals surface area (Å²) in [5.41, 5.74) is 0.185. The SMILES string of the molecule is CCCC(=NOCC)C1=C(O)CC2(CCCCCCCCC2)OC1=O. The number of oxime groups is 1. The van der Waals surface area contributed by atoms with Gasteiger partial charge in [-0.2, -0.15) is 0 Å². The Labute approximate surface area is 151 Å². The molecule has 25 heavy (non-hydrogen) atoms.